The van der Waals surface area contributed by atoms with Crippen LogP contribution in [-0.2, 0) is 0 Å². The number of anilines is 1. The van der Waals surface area contributed by atoms with Crippen molar-refractivity contribution >= 4 is 39.6 Å². The number of azo groups is 1. The highest BCUT2D eigenvalue weighted by atomic mass is 32.1. The van der Waals surface area contributed by atoms with Gasteiger partial charge in [-0.05, 0) is 68.7 Å². The molecule has 3 rings (SSSR count). The third kappa shape index (κ3) is 3.39. The lowest BCUT2D eigenvalue weighted by Gasteiger charge is -2.09. The number of aromatic amines is 1. The number of H-pyrrole nitrogens is 1. The summed E-state index contributed by atoms with van der Waals surface area (Å²) in [5.74, 6) is -0.0120. The molecule has 0 saturated carbocycles. The van der Waals surface area contributed by atoms with E-state index in [4.69, 9.17) is 12.2 Å². The fourth-order valence-corrected chi connectivity index (χ4v) is 3.00. The van der Waals surface area contributed by atoms with Crippen LogP contribution in [0.4, 0.5) is 11.4 Å². The van der Waals surface area contributed by atoms with Gasteiger partial charge in [-0.1, -0.05) is 23.8 Å². The zero-order valence-corrected chi connectivity index (χ0v) is 15.5. The first-order valence-electron chi connectivity index (χ1n) is 7.97. The summed E-state index contributed by atoms with van der Waals surface area (Å²) in [5.41, 5.74) is 6.57. The molecule has 0 aliphatic heterocycles. The average Bonchev–Trinajstić information content (AvgIpc) is 2.86. The molecule has 0 aliphatic rings. The van der Waals surface area contributed by atoms with Crippen LogP contribution in [0.2, 0.25) is 0 Å². The summed E-state index contributed by atoms with van der Waals surface area (Å²) in [6.45, 7) is 8.05. The predicted octanol–water partition coefficient (Wildman–Crippen LogP) is 5.59. The van der Waals surface area contributed by atoms with Gasteiger partial charge < -0.3 is 15.4 Å². The van der Waals surface area contributed by atoms with Crippen molar-refractivity contribution in [2.75, 3.05) is 5.32 Å². The first kappa shape index (κ1) is 17.1. The minimum atomic E-state index is -0.0120. The molecule has 0 amide bonds. The molecule has 0 radical (unpaired) electrons. The maximum atomic E-state index is 10.2. The van der Waals surface area contributed by atoms with Gasteiger partial charge in [0.05, 0.1) is 5.52 Å². The minimum absolute atomic E-state index is 0.0120. The lowest BCUT2D eigenvalue weighted by atomic mass is 10.1. The SMILES string of the molecule is Cc1cc(C)c2[nH]c(O)c(N=NC(=S)Nc3cccc(C)c3C)c2c1. The third-order valence-electron chi connectivity index (χ3n) is 4.29. The van der Waals surface area contributed by atoms with E-state index in [1.807, 2.05) is 58.0 Å². The number of aromatic hydroxyl groups is 1. The molecule has 128 valence electrons. The Morgan fingerprint density at radius 3 is 2.64 bits per heavy atom. The summed E-state index contributed by atoms with van der Waals surface area (Å²) in [7, 11) is 0. The van der Waals surface area contributed by atoms with Gasteiger partial charge in [0, 0.05) is 11.1 Å². The zero-order valence-electron chi connectivity index (χ0n) is 14.6. The molecule has 25 heavy (non-hydrogen) atoms. The molecule has 1 aromatic heterocycles. The predicted molar refractivity (Wildman–Crippen MR) is 106 cm³/mol. The van der Waals surface area contributed by atoms with Crippen LogP contribution in [0.15, 0.2) is 40.6 Å². The second-order valence-corrected chi connectivity index (χ2v) is 6.59. The Balaban J connectivity index is 1.89. The van der Waals surface area contributed by atoms with Crippen LogP contribution in [0.1, 0.15) is 22.3 Å². The van der Waals surface area contributed by atoms with E-state index in [2.05, 4.69) is 20.5 Å². The Labute approximate surface area is 151 Å². The number of rotatable bonds is 2. The Hall–Kier alpha value is -2.73. The molecule has 0 atom stereocenters. The van der Waals surface area contributed by atoms with E-state index < -0.39 is 0 Å². The van der Waals surface area contributed by atoms with Crippen molar-refractivity contribution in [2.45, 2.75) is 27.7 Å². The Kier molecular flexibility index (Phi) is 4.55. The number of nitrogens with zero attached hydrogens (tertiary/aromatic N) is 2. The largest absolute Gasteiger partial charge is 0.493 e. The van der Waals surface area contributed by atoms with Crippen molar-refractivity contribution in [3.05, 3.63) is 52.6 Å². The molecule has 0 fully saturated rings. The molecule has 0 spiro atoms. The number of aryl methyl sites for hydroxylation is 3. The minimum Gasteiger partial charge on any atom is -0.493 e. The summed E-state index contributed by atoms with van der Waals surface area (Å²) in [4.78, 5) is 2.95. The second kappa shape index (κ2) is 6.64. The van der Waals surface area contributed by atoms with Crippen LogP contribution in [-0.4, -0.2) is 15.2 Å². The molecule has 3 N–H and O–H groups in total. The van der Waals surface area contributed by atoms with E-state index in [-0.39, 0.29) is 11.0 Å². The molecule has 0 unspecified atom stereocenters. The monoisotopic (exact) mass is 352 g/mol. The van der Waals surface area contributed by atoms with Crippen molar-refractivity contribution in [1.82, 2.24) is 4.98 Å². The van der Waals surface area contributed by atoms with E-state index in [1.54, 1.807) is 0 Å². The van der Waals surface area contributed by atoms with Gasteiger partial charge in [0.1, 0.15) is 0 Å². The average molecular weight is 352 g/mol. The Morgan fingerprint density at radius 2 is 1.88 bits per heavy atom. The zero-order chi connectivity index (χ0) is 18.1. The van der Waals surface area contributed by atoms with Crippen molar-refractivity contribution < 1.29 is 5.11 Å². The van der Waals surface area contributed by atoms with E-state index in [1.165, 1.54) is 5.56 Å². The number of thiocarbonyl (C=S) groups is 1. The van der Waals surface area contributed by atoms with Crippen molar-refractivity contribution in [3.63, 3.8) is 0 Å². The maximum Gasteiger partial charge on any atom is 0.218 e. The number of fused-ring (bicyclic) bond motifs is 1. The van der Waals surface area contributed by atoms with Crippen LogP contribution >= 0.6 is 12.2 Å². The molecule has 5 nitrogen and oxygen atoms in total. The maximum absolute atomic E-state index is 10.2. The summed E-state index contributed by atoms with van der Waals surface area (Å²) in [6.07, 6.45) is 0. The van der Waals surface area contributed by atoms with Crippen LogP contribution in [0, 0.1) is 27.7 Å². The number of benzene rings is 2. The van der Waals surface area contributed by atoms with E-state index in [9.17, 15) is 5.11 Å². The van der Waals surface area contributed by atoms with Crippen LogP contribution < -0.4 is 5.32 Å². The molecule has 3 aromatic rings. The van der Waals surface area contributed by atoms with Gasteiger partial charge in [-0.25, -0.2) is 0 Å². The molecular weight excluding hydrogens is 332 g/mol. The lowest BCUT2D eigenvalue weighted by molar-refractivity contribution is 0.459. The Morgan fingerprint density at radius 1 is 1.12 bits per heavy atom. The van der Waals surface area contributed by atoms with Gasteiger partial charge in [0.2, 0.25) is 11.0 Å². The van der Waals surface area contributed by atoms with Crippen molar-refractivity contribution in [1.29, 1.82) is 0 Å². The van der Waals surface area contributed by atoms with E-state index >= 15 is 0 Å². The van der Waals surface area contributed by atoms with Crippen molar-refractivity contribution in [2.24, 2.45) is 10.2 Å². The van der Waals surface area contributed by atoms with Crippen LogP contribution in [0.5, 0.6) is 5.88 Å². The number of aromatic nitrogens is 1. The van der Waals surface area contributed by atoms with E-state index in [0.717, 1.165) is 33.3 Å². The van der Waals surface area contributed by atoms with Gasteiger partial charge in [-0.15, -0.1) is 10.2 Å². The summed E-state index contributed by atoms with van der Waals surface area (Å²) < 4.78 is 0. The topological polar surface area (TPSA) is 72.8 Å². The summed E-state index contributed by atoms with van der Waals surface area (Å²) >= 11 is 5.27. The lowest BCUT2D eigenvalue weighted by Crippen LogP contribution is -2.06. The van der Waals surface area contributed by atoms with Gasteiger partial charge in [0.15, 0.2) is 5.69 Å². The molecular formula is C19H20N4OS. The van der Waals surface area contributed by atoms with Gasteiger partial charge in [0.25, 0.3) is 0 Å². The third-order valence-corrected chi connectivity index (χ3v) is 4.47. The fraction of sp³-hybridized carbons (Fsp3) is 0.211. The first-order chi connectivity index (χ1) is 11.9. The Bertz CT molecular complexity index is 1000. The van der Waals surface area contributed by atoms with Crippen molar-refractivity contribution in [3.8, 4) is 5.88 Å². The van der Waals surface area contributed by atoms with Gasteiger partial charge in [-0.3, -0.25) is 0 Å². The highest BCUT2D eigenvalue weighted by Gasteiger charge is 2.13. The standard InChI is InChI=1S/C19H20N4OS/c1-10-8-12(3)16-14(9-10)17(18(24)21-16)22-23-19(25)20-15-7-5-6-11(2)13(15)4/h5-9,21,24H,1-4H3,(H,20,25). The first-order valence-corrected chi connectivity index (χ1v) is 8.38. The molecule has 0 bridgehead atoms. The highest BCUT2D eigenvalue weighted by molar-refractivity contribution is 7.80. The van der Waals surface area contributed by atoms with Crippen LogP contribution in [0.3, 0.4) is 0 Å². The number of nitrogens with one attached hydrogen (secondary N) is 2. The molecule has 0 aliphatic carbocycles. The normalized spacial score (nSPS) is 11.4. The summed E-state index contributed by atoms with van der Waals surface area (Å²) in [6, 6.07) is 9.96. The number of hydrogen-bond acceptors (Lipinski definition) is 3. The summed E-state index contributed by atoms with van der Waals surface area (Å²) in [5, 5.41) is 22.5. The number of hydrogen-bond donors (Lipinski definition) is 3. The smallest absolute Gasteiger partial charge is 0.218 e. The highest BCUT2D eigenvalue weighted by Crippen LogP contribution is 2.37. The quantitative estimate of drug-likeness (QED) is 0.416. The molecule has 1 heterocycles. The molecule has 2 aromatic carbocycles. The van der Waals surface area contributed by atoms with Crippen LogP contribution in [0.25, 0.3) is 10.9 Å². The fourth-order valence-electron chi connectivity index (χ4n) is 2.85. The van der Waals surface area contributed by atoms with Gasteiger partial charge in [-0.2, -0.15) is 0 Å². The van der Waals surface area contributed by atoms with Gasteiger partial charge >= 0.3 is 0 Å². The second-order valence-electron chi connectivity index (χ2n) is 6.20. The molecule has 6 heteroatoms. The van der Waals surface area contributed by atoms with E-state index in [0.29, 0.717) is 5.69 Å². The molecule has 0 saturated heterocycles.